The molecule has 6 nitrogen and oxygen atoms in total. The van der Waals surface area contributed by atoms with Crippen LogP contribution in [0.4, 0.5) is 11.6 Å². The van der Waals surface area contributed by atoms with Crippen molar-refractivity contribution in [1.82, 2.24) is 9.97 Å². The fourth-order valence-electron chi connectivity index (χ4n) is 1.94. The largest absolute Gasteiger partial charge is 0.409 e. The average molecular weight is 285 g/mol. The molecule has 0 saturated carbocycles. The Morgan fingerprint density at radius 1 is 1.29 bits per heavy atom. The van der Waals surface area contributed by atoms with Crippen molar-refractivity contribution >= 4 is 17.5 Å². The Balaban J connectivity index is 2.37. The van der Waals surface area contributed by atoms with E-state index in [2.05, 4.69) is 22.0 Å². The number of amidine groups is 1. The van der Waals surface area contributed by atoms with E-state index in [1.165, 1.54) is 0 Å². The van der Waals surface area contributed by atoms with Crippen LogP contribution in [-0.4, -0.2) is 27.6 Å². The first-order valence-corrected chi connectivity index (χ1v) is 6.89. The van der Waals surface area contributed by atoms with Crippen LogP contribution in [0.2, 0.25) is 0 Å². The Labute approximate surface area is 123 Å². The Morgan fingerprint density at radius 2 is 2.05 bits per heavy atom. The Kier molecular flexibility index (Phi) is 5.09. The smallest absolute Gasteiger partial charge is 0.230 e. The molecule has 110 valence electrons. The second kappa shape index (κ2) is 7.23. The van der Waals surface area contributed by atoms with Gasteiger partial charge in [0.25, 0.3) is 0 Å². The predicted molar refractivity (Wildman–Crippen MR) is 82.9 cm³/mol. The van der Waals surface area contributed by atoms with Crippen LogP contribution in [0.1, 0.15) is 25.5 Å². The quantitative estimate of drug-likeness (QED) is 0.368. The summed E-state index contributed by atoms with van der Waals surface area (Å²) in [4.78, 5) is 10.7. The third-order valence-corrected chi connectivity index (χ3v) is 3.06. The summed E-state index contributed by atoms with van der Waals surface area (Å²) in [7, 11) is 0. The molecule has 0 aliphatic heterocycles. The predicted octanol–water partition coefficient (Wildman–Crippen LogP) is 2.51. The topological polar surface area (TPSA) is 87.6 Å². The van der Waals surface area contributed by atoms with E-state index in [0.717, 1.165) is 25.1 Å². The second-order valence-corrected chi connectivity index (χ2v) is 4.57. The first kappa shape index (κ1) is 14.8. The van der Waals surface area contributed by atoms with Crippen LogP contribution in [0.3, 0.4) is 0 Å². The van der Waals surface area contributed by atoms with E-state index in [4.69, 9.17) is 10.9 Å². The highest BCUT2D eigenvalue weighted by molar-refractivity contribution is 5.95. The number of hydrogen-bond acceptors (Lipinski definition) is 5. The van der Waals surface area contributed by atoms with Crippen LogP contribution >= 0.6 is 0 Å². The van der Waals surface area contributed by atoms with Crippen LogP contribution in [0, 0.1) is 0 Å². The number of nitrogens with zero attached hydrogens (tertiary/aromatic N) is 4. The van der Waals surface area contributed by atoms with Gasteiger partial charge in [-0.05, 0) is 24.6 Å². The summed E-state index contributed by atoms with van der Waals surface area (Å²) < 4.78 is 0. The van der Waals surface area contributed by atoms with Gasteiger partial charge < -0.3 is 15.8 Å². The van der Waals surface area contributed by atoms with Crippen LogP contribution < -0.4 is 10.6 Å². The van der Waals surface area contributed by atoms with Crippen LogP contribution in [0.25, 0.3) is 0 Å². The van der Waals surface area contributed by atoms with Gasteiger partial charge in [-0.2, -0.15) is 0 Å². The standard InChI is InChI=1S/C15H19N5O/c1-2-3-11-20(12-7-5-4-6-8-12)15-17-10-9-13(18-15)14(16)19-21/h4-10,21H,2-3,11H2,1H3,(H2,16,19). The van der Waals surface area contributed by atoms with Gasteiger partial charge in [-0.25, -0.2) is 9.97 Å². The van der Waals surface area contributed by atoms with Crippen molar-refractivity contribution in [2.45, 2.75) is 19.8 Å². The molecule has 21 heavy (non-hydrogen) atoms. The van der Waals surface area contributed by atoms with Gasteiger partial charge in [0.05, 0.1) is 0 Å². The van der Waals surface area contributed by atoms with Crippen LogP contribution in [0.15, 0.2) is 47.8 Å². The third-order valence-electron chi connectivity index (χ3n) is 3.06. The van der Waals surface area contributed by atoms with Crippen LogP contribution in [0.5, 0.6) is 0 Å². The number of nitrogens with two attached hydrogens (primary N) is 1. The lowest BCUT2D eigenvalue weighted by Crippen LogP contribution is -2.23. The highest BCUT2D eigenvalue weighted by Gasteiger charge is 2.13. The van der Waals surface area contributed by atoms with Gasteiger partial charge in [-0.3, -0.25) is 0 Å². The molecule has 2 rings (SSSR count). The molecule has 0 fully saturated rings. The summed E-state index contributed by atoms with van der Waals surface area (Å²) in [5.74, 6) is 0.515. The summed E-state index contributed by atoms with van der Waals surface area (Å²) in [6.45, 7) is 2.94. The van der Waals surface area contributed by atoms with Crippen molar-refractivity contribution in [3.05, 3.63) is 48.3 Å². The molecule has 0 saturated heterocycles. The molecule has 1 aromatic carbocycles. The highest BCUT2D eigenvalue weighted by atomic mass is 16.4. The number of aromatic nitrogens is 2. The van der Waals surface area contributed by atoms with Gasteiger partial charge in [0, 0.05) is 18.4 Å². The summed E-state index contributed by atoms with van der Waals surface area (Å²) in [5.41, 5.74) is 7.01. The lowest BCUT2D eigenvalue weighted by Gasteiger charge is -2.22. The Morgan fingerprint density at radius 3 is 2.71 bits per heavy atom. The summed E-state index contributed by atoms with van der Waals surface area (Å²) in [5, 5.41) is 11.7. The van der Waals surface area contributed by atoms with Crippen molar-refractivity contribution in [1.29, 1.82) is 0 Å². The molecular weight excluding hydrogens is 266 g/mol. The van der Waals surface area contributed by atoms with E-state index in [1.54, 1.807) is 12.3 Å². The molecule has 0 unspecified atom stereocenters. The number of unbranched alkanes of at least 4 members (excludes halogenated alkanes) is 1. The number of para-hydroxylation sites is 1. The van der Waals surface area contributed by atoms with Gasteiger partial charge in [0.15, 0.2) is 5.84 Å². The number of hydrogen-bond donors (Lipinski definition) is 2. The maximum Gasteiger partial charge on any atom is 0.230 e. The van der Waals surface area contributed by atoms with Crippen LogP contribution in [-0.2, 0) is 0 Å². The molecule has 0 atom stereocenters. The molecule has 0 aliphatic rings. The first-order chi connectivity index (χ1) is 10.3. The lowest BCUT2D eigenvalue weighted by molar-refractivity contribution is 0.318. The van der Waals surface area contributed by atoms with Gasteiger partial charge in [-0.1, -0.05) is 36.7 Å². The number of anilines is 2. The molecule has 1 aromatic heterocycles. The molecule has 3 N–H and O–H groups in total. The van der Waals surface area contributed by atoms with Crippen molar-refractivity contribution in [3.63, 3.8) is 0 Å². The van der Waals surface area contributed by atoms with Gasteiger partial charge in [-0.15, -0.1) is 0 Å². The molecule has 6 heteroatoms. The molecule has 1 heterocycles. The zero-order chi connectivity index (χ0) is 15.1. The molecule has 0 spiro atoms. The fourth-order valence-corrected chi connectivity index (χ4v) is 1.94. The summed E-state index contributed by atoms with van der Waals surface area (Å²) in [6.07, 6.45) is 3.70. The molecule has 0 aliphatic carbocycles. The maximum absolute atomic E-state index is 8.77. The van der Waals surface area contributed by atoms with Gasteiger partial charge in [0.1, 0.15) is 5.69 Å². The average Bonchev–Trinajstić information content (AvgIpc) is 2.56. The van der Waals surface area contributed by atoms with E-state index < -0.39 is 0 Å². The van der Waals surface area contributed by atoms with E-state index in [0.29, 0.717) is 11.6 Å². The fraction of sp³-hybridized carbons (Fsp3) is 0.267. The Hall–Kier alpha value is -2.63. The van der Waals surface area contributed by atoms with E-state index in [9.17, 15) is 0 Å². The molecule has 0 radical (unpaired) electrons. The highest BCUT2D eigenvalue weighted by Crippen LogP contribution is 2.22. The first-order valence-electron chi connectivity index (χ1n) is 6.89. The zero-order valence-electron chi connectivity index (χ0n) is 12.0. The summed E-state index contributed by atoms with van der Waals surface area (Å²) in [6, 6.07) is 11.5. The number of oxime groups is 1. The van der Waals surface area contributed by atoms with Gasteiger partial charge in [0.2, 0.25) is 5.95 Å². The molecule has 2 aromatic rings. The number of benzene rings is 1. The second-order valence-electron chi connectivity index (χ2n) is 4.57. The van der Waals surface area contributed by atoms with E-state index >= 15 is 0 Å². The monoisotopic (exact) mass is 285 g/mol. The normalized spacial score (nSPS) is 11.4. The summed E-state index contributed by atoms with van der Waals surface area (Å²) >= 11 is 0. The zero-order valence-corrected chi connectivity index (χ0v) is 12.0. The third kappa shape index (κ3) is 3.68. The van der Waals surface area contributed by atoms with Crippen molar-refractivity contribution in [3.8, 4) is 0 Å². The lowest BCUT2D eigenvalue weighted by atomic mass is 10.2. The van der Waals surface area contributed by atoms with Crippen molar-refractivity contribution < 1.29 is 5.21 Å². The SMILES string of the molecule is CCCCN(c1ccccc1)c1nccc(/C(N)=N/O)n1. The minimum Gasteiger partial charge on any atom is -0.409 e. The molecule has 0 bridgehead atoms. The Bertz CT molecular complexity index is 600. The maximum atomic E-state index is 8.77. The van der Waals surface area contributed by atoms with Crippen molar-refractivity contribution in [2.24, 2.45) is 10.9 Å². The number of rotatable bonds is 6. The van der Waals surface area contributed by atoms with E-state index in [-0.39, 0.29) is 5.84 Å². The minimum absolute atomic E-state index is 0.0258. The van der Waals surface area contributed by atoms with E-state index in [1.807, 2.05) is 35.2 Å². The van der Waals surface area contributed by atoms with Gasteiger partial charge >= 0.3 is 0 Å². The van der Waals surface area contributed by atoms with Crippen molar-refractivity contribution in [2.75, 3.05) is 11.4 Å². The molecular formula is C15H19N5O. The minimum atomic E-state index is -0.0258. The molecule has 0 amide bonds.